The van der Waals surface area contributed by atoms with E-state index in [2.05, 4.69) is 28.6 Å². The molecule has 146 valence electrons. The Hall–Kier alpha value is -1.31. The van der Waals surface area contributed by atoms with E-state index in [0.29, 0.717) is 5.41 Å². The lowest BCUT2D eigenvalue weighted by molar-refractivity contribution is 0.0827. The second-order valence-corrected chi connectivity index (χ2v) is 7.52. The first-order valence-corrected chi connectivity index (χ1v) is 9.19. The van der Waals surface area contributed by atoms with Crippen molar-refractivity contribution in [3.8, 4) is 0 Å². The van der Waals surface area contributed by atoms with E-state index in [1.54, 1.807) is 19.0 Å². The van der Waals surface area contributed by atoms with Crippen LogP contribution in [0.3, 0.4) is 0 Å². The van der Waals surface area contributed by atoms with E-state index in [0.717, 1.165) is 36.6 Å². The molecule has 0 bridgehead atoms. The Labute approximate surface area is 175 Å². The molecule has 5 nitrogen and oxygen atoms in total. The van der Waals surface area contributed by atoms with Gasteiger partial charge < -0.3 is 15.5 Å². The predicted molar refractivity (Wildman–Crippen MR) is 120 cm³/mol. The van der Waals surface area contributed by atoms with E-state index < -0.39 is 0 Å². The molecule has 1 aliphatic carbocycles. The van der Waals surface area contributed by atoms with Crippen LogP contribution in [0.5, 0.6) is 0 Å². The monoisotopic (exact) mass is 472 g/mol. The van der Waals surface area contributed by atoms with Crippen LogP contribution in [0.4, 0.5) is 0 Å². The molecule has 1 saturated carbocycles. The highest BCUT2D eigenvalue weighted by Gasteiger charge is 2.28. The van der Waals surface area contributed by atoms with Crippen LogP contribution in [0.25, 0.3) is 0 Å². The van der Waals surface area contributed by atoms with Gasteiger partial charge in [-0.05, 0) is 42.4 Å². The van der Waals surface area contributed by atoms with Gasteiger partial charge in [-0.1, -0.05) is 31.9 Å². The van der Waals surface area contributed by atoms with Crippen LogP contribution in [-0.4, -0.2) is 51.0 Å². The maximum absolute atomic E-state index is 12.0. The molecule has 0 unspecified atom stereocenters. The summed E-state index contributed by atoms with van der Waals surface area (Å²) in [6.07, 6.45) is 6.12. The third-order valence-corrected chi connectivity index (χ3v) is 5.00. The van der Waals surface area contributed by atoms with Crippen molar-refractivity contribution in [2.24, 2.45) is 10.4 Å². The highest BCUT2D eigenvalue weighted by atomic mass is 127. The van der Waals surface area contributed by atoms with Gasteiger partial charge in [-0.3, -0.25) is 9.79 Å². The third kappa shape index (κ3) is 6.78. The minimum Gasteiger partial charge on any atom is -0.356 e. The number of hydrogen-bond acceptors (Lipinski definition) is 2. The second-order valence-electron chi connectivity index (χ2n) is 7.52. The maximum atomic E-state index is 12.0. The summed E-state index contributed by atoms with van der Waals surface area (Å²) in [5.74, 6) is 0.894. The van der Waals surface area contributed by atoms with Gasteiger partial charge in [-0.25, -0.2) is 0 Å². The van der Waals surface area contributed by atoms with Crippen LogP contribution in [0, 0.1) is 5.41 Å². The standard InChI is InChI=1S/C20H32N4O.HI/c1-20(11-5-6-12-20)15-23-19(21-2)22-13-10-16-8-7-9-17(14-16)18(25)24(3)4;/h7-9,14H,5-6,10-13,15H2,1-4H3,(H2,21,22,23);1H. The van der Waals surface area contributed by atoms with Gasteiger partial charge in [0.25, 0.3) is 5.91 Å². The van der Waals surface area contributed by atoms with E-state index >= 15 is 0 Å². The summed E-state index contributed by atoms with van der Waals surface area (Å²) in [4.78, 5) is 18.0. The number of guanidine groups is 1. The highest BCUT2D eigenvalue weighted by Crippen LogP contribution is 2.36. The Morgan fingerprint density at radius 2 is 1.92 bits per heavy atom. The lowest BCUT2D eigenvalue weighted by atomic mass is 9.89. The second kappa shape index (κ2) is 10.7. The van der Waals surface area contributed by atoms with E-state index in [1.165, 1.54) is 25.7 Å². The third-order valence-electron chi connectivity index (χ3n) is 5.00. The number of carbonyl (C=O) groups is 1. The Balaban J connectivity index is 0.00000338. The fourth-order valence-electron chi connectivity index (χ4n) is 3.37. The quantitative estimate of drug-likeness (QED) is 0.380. The summed E-state index contributed by atoms with van der Waals surface area (Å²) < 4.78 is 0. The van der Waals surface area contributed by atoms with Gasteiger partial charge in [-0.15, -0.1) is 24.0 Å². The zero-order valence-electron chi connectivity index (χ0n) is 16.5. The molecule has 0 atom stereocenters. The van der Waals surface area contributed by atoms with Gasteiger partial charge in [0.05, 0.1) is 0 Å². The Bertz CT molecular complexity index is 610. The molecule has 26 heavy (non-hydrogen) atoms. The minimum atomic E-state index is 0. The molecule has 2 rings (SSSR count). The summed E-state index contributed by atoms with van der Waals surface area (Å²) in [5, 5.41) is 6.83. The van der Waals surface area contributed by atoms with Crippen molar-refractivity contribution in [1.29, 1.82) is 0 Å². The lowest BCUT2D eigenvalue weighted by Gasteiger charge is -2.25. The molecule has 1 aliphatic rings. The SMILES string of the molecule is CN=C(NCCc1cccc(C(=O)N(C)C)c1)NCC1(C)CCCC1.I. The van der Waals surface area contributed by atoms with Crippen LogP contribution in [0.1, 0.15) is 48.5 Å². The van der Waals surface area contributed by atoms with Crippen molar-refractivity contribution < 1.29 is 4.79 Å². The molecular weight excluding hydrogens is 439 g/mol. The zero-order chi connectivity index (χ0) is 18.3. The lowest BCUT2D eigenvalue weighted by Crippen LogP contribution is -2.42. The van der Waals surface area contributed by atoms with Crippen LogP contribution in [-0.2, 0) is 6.42 Å². The van der Waals surface area contributed by atoms with Gasteiger partial charge in [-0.2, -0.15) is 0 Å². The van der Waals surface area contributed by atoms with Gasteiger partial charge in [0.2, 0.25) is 0 Å². The molecule has 0 heterocycles. The predicted octanol–water partition coefficient (Wildman–Crippen LogP) is 3.29. The maximum Gasteiger partial charge on any atom is 0.253 e. The molecule has 0 aliphatic heterocycles. The Morgan fingerprint density at radius 3 is 2.54 bits per heavy atom. The number of hydrogen-bond donors (Lipinski definition) is 2. The van der Waals surface area contributed by atoms with Crippen molar-refractivity contribution >= 4 is 35.8 Å². The molecule has 0 aromatic heterocycles. The number of amides is 1. The number of rotatable bonds is 6. The van der Waals surface area contributed by atoms with E-state index in [4.69, 9.17) is 0 Å². The summed E-state index contributed by atoms with van der Waals surface area (Å²) in [5.41, 5.74) is 2.29. The molecule has 2 N–H and O–H groups in total. The molecule has 1 fully saturated rings. The van der Waals surface area contributed by atoms with Crippen LogP contribution in [0.2, 0.25) is 0 Å². The highest BCUT2D eigenvalue weighted by molar-refractivity contribution is 14.0. The van der Waals surface area contributed by atoms with Gasteiger partial charge in [0.1, 0.15) is 0 Å². The average molecular weight is 472 g/mol. The largest absolute Gasteiger partial charge is 0.356 e. The van der Waals surface area contributed by atoms with Crippen LogP contribution < -0.4 is 10.6 Å². The van der Waals surface area contributed by atoms with E-state index in [9.17, 15) is 4.79 Å². The molecule has 6 heteroatoms. The Morgan fingerprint density at radius 1 is 1.23 bits per heavy atom. The fourth-order valence-corrected chi connectivity index (χ4v) is 3.37. The number of aliphatic imine (C=N–C) groups is 1. The van der Waals surface area contributed by atoms with E-state index in [1.807, 2.05) is 25.2 Å². The number of nitrogens with zero attached hydrogens (tertiary/aromatic N) is 2. The van der Waals surface area contributed by atoms with Gasteiger partial charge >= 0.3 is 0 Å². The van der Waals surface area contributed by atoms with Crippen molar-refractivity contribution in [3.63, 3.8) is 0 Å². The number of carbonyl (C=O) groups excluding carboxylic acids is 1. The molecule has 0 saturated heterocycles. The molecule has 1 aromatic carbocycles. The summed E-state index contributed by atoms with van der Waals surface area (Å²) in [6.45, 7) is 4.11. The minimum absolute atomic E-state index is 0. The smallest absolute Gasteiger partial charge is 0.253 e. The van der Waals surface area contributed by atoms with Crippen LogP contribution >= 0.6 is 24.0 Å². The average Bonchev–Trinajstić information content (AvgIpc) is 3.04. The molecular formula is C20H33IN4O. The van der Waals surface area contributed by atoms with Gasteiger partial charge in [0.15, 0.2) is 5.96 Å². The van der Waals surface area contributed by atoms with Crippen molar-refractivity contribution in [1.82, 2.24) is 15.5 Å². The molecule has 0 spiro atoms. The van der Waals surface area contributed by atoms with Crippen molar-refractivity contribution in [2.45, 2.75) is 39.0 Å². The molecule has 1 aromatic rings. The number of benzene rings is 1. The fraction of sp³-hybridized carbons (Fsp3) is 0.600. The molecule has 0 radical (unpaired) electrons. The van der Waals surface area contributed by atoms with Crippen molar-refractivity contribution in [3.05, 3.63) is 35.4 Å². The first kappa shape index (κ1) is 22.7. The summed E-state index contributed by atoms with van der Waals surface area (Å²) in [6, 6.07) is 7.84. The van der Waals surface area contributed by atoms with Crippen LogP contribution in [0.15, 0.2) is 29.3 Å². The first-order valence-electron chi connectivity index (χ1n) is 9.19. The number of halogens is 1. The summed E-state index contributed by atoms with van der Waals surface area (Å²) in [7, 11) is 5.36. The summed E-state index contributed by atoms with van der Waals surface area (Å²) >= 11 is 0. The number of nitrogens with one attached hydrogen (secondary N) is 2. The van der Waals surface area contributed by atoms with Gasteiger partial charge in [0, 0.05) is 39.8 Å². The first-order chi connectivity index (χ1) is 11.9. The molecule has 1 amide bonds. The zero-order valence-corrected chi connectivity index (χ0v) is 18.8. The van der Waals surface area contributed by atoms with E-state index in [-0.39, 0.29) is 29.9 Å². The van der Waals surface area contributed by atoms with Crippen molar-refractivity contribution in [2.75, 3.05) is 34.2 Å². The topological polar surface area (TPSA) is 56.7 Å². The Kier molecular flexibility index (Phi) is 9.39. The normalized spacial score (nSPS) is 15.9.